The number of rotatable bonds is 4. The van der Waals surface area contributed by atoms with Gasteiger partial charge in [0.15, 0.2) is 0 Å². The molecule has 0 aliphatic carbocycles. The minimum absolute atomic E-state index is 0.256. The molecule has 0 fully saturated rings. The van der Waals surface area contributed by atoms with Crippen molar-refractivity contribution in [3.8, 4) is 0 Å². The van der Waals surface area contributed by atoms with E-state index in [0.717, 1.165) is 9.50 Å². The molecule has 2 N–H and O–H groups in total. The van der Waals surface area contributed by atoms with Gasteiger partial charge in [-0.2, -0.15) is 0 Å². The normalized spacial score (nSPS) is 12.6. The summed E-state index contributed by atoms with van der Waals surface area (Å²) in [5.41, 5.74) is 5.79. The molecule has 0 spiro atoms. The fourth-order valence-corrected chi connectivity index (χ4v) is 3.78. The van der Waals surface area contributed by atoms with E-state index >= 15 is 0 Å². The van der Waals surface area contributed by atoms with Crippen LogP contribution in [0.3, 0.4) is 0 Å². The smallest absolute Gasteiger partial charge is 0.116 e. The Morgan fingerprint density at radius 2 is 2.44 bits per heavy atom. The number of nitrogens with two attached hydrogens (primary N) is 1. The van der Waals surface area contributed by atoms with Crippen molar-refractivity contribution in [3.05, 3.63) is 39.4 Å². The molecule has 0 aliphatic rings. The van der Waals surface area contributed by atoms with E-state index in [1.165, 1.54) is 4.88 Å². The lowest BCUT2D eigenvalue weighted by Gasteiger charge is -2.11. The van der Waals surface area contributed by atoms with Crippen LogP contribution >= 0.6 is 39.0 Å². The monoisotopic (exact) mass is 315 g/mol. The fraction of sp³-hybridized carbons (Fsp3) is 0.200. The number of aromatic nitrogens is 2. The van der Waals surface area contributed by atoms with Gasteiger partial charge in [-0.05, 0) is 28.1 Å². The third-order valence-electron chi connectivity index (χ3n) is 1.94. The first-order chi connectivity index (χ1) is 7.79. The first-order valence-electron chi connectivity index (χ1n) is 4.66. The second kappa shape index (κ2) is 5.77. The van der Waals surface area contributed by atoms with Crippen molar-refractivity contribution in [1.29, 1.82) is 0 Å². The Morgan fingerprint density at radius 3 is 3.00 bits per heavy atom. The van der Waals surface area contributed by atoms with E-state index < -0.39 is 0 Å². The van der Waals surface area contributed by atoms with Gasteiger partial charge >= 0.3 is 0 Å². The summed E-state index contributed by atoms with van der Waals surface area (Å²) < 4.78 is 1.11. The van der Waals surface area contributed by atoms with E-state index in [0.29, 0.717) is 6.54 Å². The van der Waals surface area contributed by atoms with E-state index in [9.17, 15) is 0 Å². The minimum Gasteiger partial charge on any atom is -0.329 e. The van der Waals surface area contributed by atoms with Crippen molar-refractivity contribution in [2.45, 2.75) is 10.3 Å². The van der Waals surface area contributed by atoms with Gasteiger partial charge in [0.1, 0.15) is 11.4 Å². The third-order valence-corrected chi connectivity index (χ3v) is 5.11. The zero-order valence-corrected chi connectivity index (χ0v) is 11.6. The summed E-state index contributed by atoms with van der Waals surface area (Å²) in [5.74, 6) is 0. The Balaban J connectivity index is 2.12. The van der Waals surface area contributed by atoms with E-state index in [4.69, 9.17) is 5.73 Å². The summed E-state index contributed by atoms with van der Waals surface area (Å²) in [5, 5.41) is 3.28. The molecule has 0 radical (unpaired) electrons. The molecule has 0 aromatic carbocycles. The Labute approximate surface area is 111 Å². The quantitative estimate of drug-likeness (QED) is 0.696. The molecule has 6 heteroatoms. The molecule has 2 aromatic rings. The van der Waals surface area contributed by atoms with E-state index in [2.05, 4.69) is 37.3 Å². The van der Waals surface area contributed by atoms with Crippen molar-refractivity contribution < 1.29 is 0 Å². The second-order valence-corrected chi connectivity index (χ2v) is 6.14. The summed E-state index contributed by atoms with van der Waals surface area (Å²) in [6.45, 7) is 0.599. The molecule has 0 aliphatic heterocycles. The summed E-state index contributed by atoms with van der Waals surface area (Å²) in [4.78, 5) is 9.34. The highest BCUT2D eigenvalue weighted by molar-refractivity contribution is 9.10. The SMILES string of the molecule is NCC(Sc1ccncn1)c1cc(Br)cs1. The number of thioether (sulfide) groups is 1. The average Bonchev–Trinajstić information content (AvgIpc) is 2.74. The maximum absolute atomic E-state index is 5.79. The predicted molar refractivity (Wildman–Crippen MR) is 71.7 cm³/mol. The van der Waals surface area contributed by atoms with Crippen LogP contribution in [0.25, 0.3) is 0 Å². The van der Waals surface area contributed by atoms with E-state index in [1.807, 2.05) is 6.07 Å². The standard InChI is InChI=1S/C10H10BrN3S2/c11-7-3-8(15-5-7)9(4-12)16-10-1-2-13-6-14-10/h1-3,5-6,9H,4,12H2. The molecule has 2 heterocycles. The molecular formula is C10H10BrN3S2. The van der Waals surface area contributed by atoms with Crippen LogP contribution in [-0.4, -0.2) is 16.5 Å². The summed E-state index contributed by atoms with van der Waals surface area (Å²) in [6, 6.07) is 4.01. The van der Waals surface area contributed by atoms with Crippen LogP contribution in [0.15, 0.2) is 39.5 Å². The Kier molecular flexibility index (Phi) is 4.34. The highest BCUT2D eigenvalue weighted by Crippen LogP contribution is 2.37. The van der Waals surface area contributed by atoms with Gasteiger partial charge in [-0.3, -0.25) is 0 Å². The predicted octanol–water partition coefficient (Wildman–Crippen LogP) is 3.09. The van der Waals surface area contributed by atoms with Crippen molar-refractivity contribution in [3.63, 3.8) is 0 Å². The van der Waals surface area contributed by atoms with Gasteiger partial charge in [-0.15, -0.1) is 11.3 Å². The highest BCUT2D eigenvalue weighted by Gasteiger charge is 2.14. The van der Waals surface area contributed by atoms with Crippen LogP contribution in [0.1, 0.15) is 10.1 Å². The summed E-state index contributed by atoms with van der Waals surface area (Å²) in [6.07, 6.45) is 3.30. The van der Waals surface area contributed by atoms with Crippen molar-refractivity contribution in [2.24, 2.45) is 5.73 Å². The molecule has 2 aromatic heterocycles. The van der Waals surface area contributed by atoms with Crippen LogP contribution in [0, 0.1) is 0 Å². The molecule has 0 bridgehead atoms. The maximum atomic E-state index is 5.79. The Morgan fingerprint density at radius 1 is 1.56 bits per heavy atom. The van der Waals surface area contributed by atoms with Gasteiger partial charge in [-0.1, -0.05) is 11.8 Å². The lowest BCUT2D eigenvalue weighted by molar-refractivity contribution is 0.947. The lowest BCUT2D eigenvalue weighted by Crippen LogP contribution is -2.08. The zero-order chi connectivity index (χ0) is 11.4. The molecule has 84 valence electrons. The number of hydrogen-bond acceptors (Lipinski definition) is 5. The average molecular weight is 316 g/mol. The molecule has 0 amide bonds. The zero-order valence-electron chi connectivity index (χ0n) is 8.34. The van der Waals surface area contributed by atoms with Crippen molar-refractivity contribution >= 4 is 39.0 Å². The molecule has 16 heavy (non-hydrogen) atoms. The number of hydrogen-bond donors (Lipinski definition) is 1. The van der Waals surface area contributed by atoms with Crippen molar-refractivity contribution in [2.75, 3.05) is 6.54 Å². The van der Waals surface area contributed by atoms with Gasteiger partial charge < -0.3 is 5.73 Å². The fourth-order valence-electron chi connectivity index (χ4n) is 1.21. The van der Waals surface area contributed by atoms with Gasteiger partial charge in [0.25, 0.3) is 0 Å². The van der Waals surface area contributed by atoms with Gasteiger partial charge in [0.05, 0.1) is 5.25 Å². The van der Waals surface area contributed by atoms with Gasteiger partial charge in [0.2, 0.25) is 0 Å². The number of halogens is 1. The van der Waals surface area contributed by atoms with Crippen LogP contribution in [0.4, 0.5) is 0 Å². The molecule has 0 saturated heterocycles. The molecule has 2 rings (SSSR count). The van der Waals surface area contributed by atoms with Crippen LogP contribution in [0.5, 0.6) is 0 Å². The lowest BCUT2D eigenvalue weighted by atomic mass is 10.3. The molecule has 1 unspecified atom stereocenters. The third kappa shape index (κ3) is 3.04. The van der Waals surface area contributed by atoms with Crippen LogP contribution in [0.2, 0.25) is 0 Å². The van der Waals surface area contributed by atoms with Crippen LogP contribution < -0.4 is 5.73 Å². The van der Waals surface area contributed by atoms with Gasteiger partial charge in [-0.25, -0.2) is 9.97 Å². The highest BCUT2D eigenvalue weighted by atomic mass is 79.9. The molecule has 1 atom stereocenters. The maximum Gasteiger partial charge on any atom is 0.116 e. The van der Waals surface area contributed by atoms with E-state index in [-0.39, 0.29) is 5.25 Å². The largest absolute Gasteiger partial charge is 0.329 e. The molecule has 0 saturated carbocycles. The first kappa shape index (κ1) is 12.0. The topological polar surface area (TPSA) is 51.8 Å². The number of nitrogens with zero attached hydrogens (tertiary/aromatic N) is 2. The molecular weight excluding hydrogens is 306 g/mol. The second-order valence-electron chi connectivity index (χ2n) is 3.06. The first-order valence-corrected chi connectivity index (χ1v) is 7.21. The Hall–Kier alpha value is -0.430. The van der Waals surface area contributed by atoms with E-state index in [1.54, 1.807) is 35.6 Å². The minimum atomic E-state index is 0.256. The van der Waals surface area contributed by atoms with Gasteiger partial charge in [0, 0.05) is 27.5 Å². The van der Waals surface area contributed by atoms with Crippen LogP contribution in [-0.2, 0) is 0 Å². The Bertz CT molecular complexity index is 446. The number of thiophene rings is 1. The van der Waals surface area contributed by atoms with Crippen molar-refractivity contribution in [1.82, 2.24) is 9.97 Å². The summed E-state index contributed by atoms with van der Waals surface area (Å²) >= 11 is 6.83. The molecule has 3 nitrogen and oxygen atoms in total. The summed E-state index contributed by atoms with van der Waals surface area (Å²) in [7, 11) is 0.